The Balaban J connectivity index is 2.27. The maximum atomic E-state index is 11.9. The molecule has 0 aromatic heterocycles. The van der Waals surface area contributed by atoms with E-state index in [0.29, 0.717) is 6.42 Å². The van der Waals surface area contributed by atoms with Crippen molar-refractivity contribution in [1.82, 2.24) is 5.32 Å². The molecule has 0 saturated carbocycles. The highest BCUT2D eigenvalue weighted by Crippen LogP contribution is 2.16. The molecule has 0 heterocycles. The number of amides is 1. The van der Waals surface area contributed by atoms with Crippen LogP contribution in [-0.4, -0.2) is 41.3 Å². The Morgan fingerprint density at radius 1 is 1.23 bits per heavy atom. The van der Waals surface area contributed by atoms with Crippen molar-refractivity contribution in [3.63, 3.8) is 0 Å². The summed E-state index contributed by atoms with van der Waals surface area (Å²) in [5, 5.41) is 11.2. The van der Waals surface area contributed by atoms with Crippen LogP contribution in [0.15, 0.2) is 30.3 Å². The molecular weight excluding hydrogens is 340 g/mol. The molecule has 0 aliphatic heterocycles. The minimum atomic E-state index is -1.08. The molecule has 0 radical (unpaired) electrons. The Labute approximate surface area is 152 Å². The number of hydrogen-bond donors (Lipinski definition) is 3. The molecule has 1 aromatic carbocycles. The zero-order valence-corrected chi connectivity index (χ0v) is 15.1. The number of rotatable bonds is 10. The number of carbonyl (C=O) groups excluding carboxylic acids is 2. The molecule has 0 spiro atoms. The topological polar surface area (TPSA) is 128 Å². The molecule has 26 heavy (non-hydrogen) atoms. The van der Waals surface area contributed by atoms with Crippen molar-refractivity contribution in [1.29, 1.82) is 0 Å². The van der Waals surface area contributed by atoms with E-state index >= 15 is 0 Å². The summed E-state index contributed by atoms with van der Waals surface area (Å²) in [4.78, 5) is 34.3. The van der Waals surface area contributed by atoms with Crippen LogP contribution in [0.25, 0.3) is 0 Å². The van der Waals surface area contributed by atoms with Gasteiger partial charge in [0, 0.05) is 6.54 Å². The first-order chi connectivity index (χ1) is 12.2. The summed E-state index contributed by atoms with van der Waals surface area (Å²) >= 11 is 0. The Hall–Kier alpha value is -2.61. The Morgan fingerprint density at radius 3 is 2.50 bits per heavy atom. The highest BCUT2D eigenvalue weighted by atomic mass is 16.6. The van der Waals surface area contributed by atoms with Crippen LogP contribution >= 0.6 is 0 Å². The first kappa shape index (κ1) is 21.4. The van der Waals surface area contributed by atoms with Crippen LogP contribution in [0.4, 0.5) is 4.79 Å². The monoisotopic (exact) mass is 366 g/mol. The summed E-state index contributed by atoms with van der Waals surface area (Å²) in [6.45, 7) is 3.60. The predicted octanol–water partition coefficient (Wildman–Crippen LogP) is 1.82. The van der Waals surface area contributed by atoms with Crippen molar-refractivity contribution < 1.29 is 29.0 Å². The van der Waals surface area contributed by atoms with Gasteiger partial charge < -0.3 is 25.6 Å². The summed E-state index contributed by atoms with van der Waals surface area (Å²) < 4.78 is 10.4. The molecule has 0 bridgehead atoms. The van der Waals surface area contributed by atoms with Crippen molar-refractivity contribution in [3.05, 3.63) is 35.9 Å². The second-order valence-electron chi connectivity index (χ2n) is 6.49. The molecule has 1 rings (SSSR count). The Morgan fingerprint density at radius 2 is 1.88 bits per heavy atom. The summed E-state index contributed by atoms with van der Waals surface area (Å²) in [5.41, 5.74) is 5.21. The van der Waals surface area contributed by atoms with Gasteiger partial charge in [0.1, 0.15) is 18.2 Å². The first-order valence-corrected chi connectivity index (χ1v) is 8.34. The average Bonchev–Trinajstić information content (AvgIpc) is 2.56. The van der Waals surface area contributed by atoms with E-state index in [9.17, 15) is 14.4 Å². The molecule has 0 fully saturated rings. The predicted molar refractivity (Wildman–Crippen MR) is 94.3 cm³/mol. The second-order valence-corrected chi connectivity index (χ2v) is 6.49. The van der Waals surface area contributed by atoms with Crippen molar-refractivity contribution in [3.8, 4) is 0 Å². The molecule has 1 atom stereocenters. The Bertz CT molecular complexity index is 603. The van der Waals surface area contributed by atoms with Crippen LogP contribution in [0.2, 0.25) is 0 Å². The van der Waals surface area contributed by atoms with Crippen LogP contribution in [0.1, 0.15) is 38.7 Å². The second kappa shape index (κ2) is 10.4. The van der Waals surface area contributed by atoms with E-state index in [1.165, 1.54) is 0 Å². The van der Waals surface area contributed by atoms with Gasteiger partial charge in [-0.1, -0.05) is 30.3 Å². The smallest absolute Gasteiger partial charge is 0.407 e. The van der Waals surface area contributed by atoms with E-state index in [0.717, 1.165) is 5.56 Å². The van der Waals surface area contributed by atoms with Gasteiger partial charge in [-0.3, -0.25) is 9.59 Å². The number of carbonyl (C=O) groups is 3. The van der Waals surface area contributed by atoms with Crippen LogP contribution in [0, 0.1) is 0 Å². The number of benzene rings is 1. The summed E-state index contributed by atoms with van der Waals surface area (Å²) in [7, 11) is 0. The third kappa shape index (κ3) is 9.03. The standard InChI is InChI=1S/C18H26N2O6/c1-18(2,11-15(21)25-12-13-7-4-3-5-8-13)26-17(24)20-10-6-9-14(19)16(22)23/h3-5,7-8,14H,6,9-12,19H2,1-2H3,(H,20,24)(H,22,23). The van der Waals surface area contributed by atoms with Gasteiger partial charge in [0.25, 0.3) is 0 Å². The first-order valence-electron chi connectivity index (χ1n) is 8.34. The fourth-order valence-corrected chi connectivity index (χ4v) is 2.10. The maximum Gasteiger partial charge on any atom is 0.407 e. The number of nitrogens with one attached hydrogen (secondary N) is 1. The molecule has 8 heteroatoms. The number of hydrogen-bond acceptors (Lipinski definition) is 6. The molecule has 0 aliphatic rings. The van der Waals surface area contributed by atoms with Gasteiger partial charge in [0.15, 0.2) is 0 Å². The molecule has 8 nitrogen and oxygen atoms in total. The van der Waals surface area contributed by atoms with E-state index in [4.69, 9.17) is 20.3 Å². The molecule has 1 aromatic rings. The fourth-order valence-electron chi connectivity index (χ4n) is 2.10. The normalized spacial score (nSPS) is 12.1. The molecule has 0 aliphatic carbocycles. The average molecular weight is 366 g/mol. The van der Waals surface area contributed by atoms with Crippen LogP contribution < -0.4 is 11.1 Å². The highest BCUT2D eigenvalue weighted by molar-refractivity contribution is 5.73. The van der Waals surface area contributed by atoms with Gasteiger partial charge in [-0.05, 0) is 32.3 Å². The summed E-state index contributed by atoms with van der Waals surface area (Å²) in [6, 6.07) is 8.31. The van der Waals surface area contributed by atoms with E-state index in [1.807, 2.05) is 30.3 Å². The lowest BCUT2D eigenvalue weighted by Gasteiger charge is -2.24. The van der Waals surface area contributed by atoms with Gasteiger partial charge in [-0.25, -0.2) is 4.79 Å². The van der Waals surface area contributed by atoms with Gasteiger partial charge in [0.05, 0.1) is 6.42 Å². The van der Waals surface area contributed by atoms with Crippen molar-refractivity contribution in [2.24, 2.45) is 5.73 Å². The lowest BCUT2D eigenvalue weighted by molar-refractivity contribution is -0.149. The lowest BCUT2D eigenvalue weighted by atomic mass is 10.1. The number of aliphatic carboxylic acids is 1. The van der Waals surface area contributed by atoms with Crippen molar-refractivity contribution >= 4 is 18.0 Å². The van der Waals surface area contributed by atoms with Gasteiger partial charge in [0.2, 0.25) is 0 Å². The molecule has 144 valence electrons. The SMILES string of the molecule is CC(C)(CC(=O)OCc1ccccc1)OC(=O)NCCCC(N)C(=O)O. The maximum absolute atomic E-state index is 11.9. The third-order valence-corrected chi connectivity index (χ3v) is 3.46. The minimum absolute atomic E-state index is 0.0862. The minimum Gasteiger partial charge on any atom is -0.480 e. The van der Waals surface area contributed by atoms with E-state index < -0.39 is 29.7 Å². The van der Waals surface area contributed by atoms with Gasteiger partial charge >= 0.3 is 18.0 Å². The Kier molecular flexibility index (Phi) is 8.57. The number of alkyl carbamates (subject to hydrolysis) is 1. The van der Waals surface area contributed by atoms with E-state index in [2.05, 4.69) is 5.32 Å². The van der Waals surface area contributed by atoms with Gasteiger partial charge in [-0.2, -0.15) is 0 Å². The van der Waals surface area contributed by atoms with Gasteiger partial charge in [-0.15, -0.1) is 0 Å². The van der Waals surface area contributed by atoms with Crippen LogP contribution in [-0.2, 0) is 25.7 Å². The molecule has 1 amide bonds. The van der Waals surface area contributed by atoms with Crippen molar-refractivity contribution in [2.45, 2.75) is 51.4 Å². The zero-order chi connectivity index (χ0) is 19.6. The van der Waals surface area contributed by atoms with E-state index in [1.54, 1.807) is 13.8 Å². The van der Waals surface area contributed by atoms with Crippen molar-refractivity contribution in [2.75, 3.05) is 6.54 Å². The summed E-state index contributed by atoms with van der Waals surface area (Å²) in [5.74, 6) is -1.55. The molecule has 1 unspecified atom stereocenters. The number of carboxylic acids is 1. The molecule has 4 N–H and O–H groups in total. The largest absolute Gasteiger partial charge is 0.480 e. The molecule has 0 saturated heterocycles. The fraction of sp³-hybridized carbons (Fsp3) is 0.500. The number of esters is 1. The third-order valence-electron chi connectivity index (χ3n) is 3.46. The number of carboxylic acid groups (broad SMARTS) is 1. The number of nitrogens with two attached hydrogens (primary N) is 1. The van der Waals surface area contributed by atoms with Crippen LogP contribution in [0.5, 0.6) is 0 Å². The summed E-state index contributed by atoms with van der Waals surface area (Å²) in [6.07, 6.45) is -0.126. The zero-order valence-electron chi connectivity index (χ0n) is 15.1. The highest BCUT2D eigenvalue weighted by Gasteiger charge is 2.27. The lowest BCUT2D eigenvalue weighted by Crippen LogP contribution is -2.37. The number of ether oxygens (including phenoxy) is 2. The molecular formula is C18H26N2O6. The van der Waals surface area contributed by atoms with E-state index in [-0.39, 0.29) is 26.0 Å². The quantitative estimate of drug-likeness (QED) is 0.425. The van der Waals surface area contributed by atoms with Crippen LogP contribution in [0.3, 0.4) is 0 Å².